The Morgan fingerprint density at radius 1 is 1.45 bits per heavy atom. The third-order valence-electron chi connectivity index (χ3n) is 3.11. The van der Waals surface area contributed by atoms with E-state index in [4.69, 9.17) is 5.11 Å². The van der Waals surface area contributed by atoms with Crippen LogP contribution in [0.3, 0.4) is 0 Å². The van der Waals surface area contributed by atoms with E-state index in [0.717, 1.165) is 10.9 Å². The third-order valence-corrected chi connectivity index (χ3v) is 3.11. The summed E-state index contributed by atoms with van der Waals surface area (Å²) >= 11 is 0. The number of carbonyl (C=O) groups is 2. The largest absolute Gasteiger partial charge is 0.481 e. The molecule has 2 rings (SSSR count). The SMILES string of the molecule is CC(CNC(=O)Cc1c[nH]c2cc(F)ccc12)C(=O)O. The number of carbonyl (C=O) groups excluding carboxylic acids is 1. The van der Waals surface area contributed by atoms with E-state index in [1.807, 2.05) is 0 Å². The van der Waals surface area contributed by atoms with E-state index in [2.05, 4.69) is 10.3 Å². The summed E-state index contributed by atoms with van der Waals surface area (Å²) in [6.07, 6.45) is 1.78. The molecule has 1 amide bonds. The van der Waals surface area contributed by atoms with Crippen molar-refractivity contribution in [1.82, 2.24) is 10.3 Å². The first-order valence-electron chi connectivity index (χ1n) is 6.22. The van der Waals surface area contributed by atoms with Gasteiger partial charge in [0.25, 0.3) is 0 Å². The second-order valence-electron chi connectivity index (χ2n) is 4.72. The van der Waals surface area contributed by atoms with Gasteiger partial charge in [-0.05, 0) is 23.8 Å². The maximum Gasteiger partial charge on any atom is 0.308 e. The molecule has 1 aromatic heterocycles. The van der Waals surface area contributed by atoms with Crippen LogP contribution in [0.2, 0.25) is 0 Å². The van der Waals surface area contributed by atoms with Crippen molar-refractivity contribution in [3.63, 3.8) is 0 Å². The topological polar surface area (TPSA) is 82.2 Å². The average Bonchev–Trinajstić information content (AvgIpc) is 2.78. The highest BCUT2D eigenvalue weighted by molar-refractivity contribution is 5.89. The highest BCUT2D eigenvalue weighted by Crippen LogP contribution is 2.19. The lowest BCUT2D eigenvalue weighted by atomic mass is 10.1. The Balaban J connectivity index is 2.01. The highest BCUT2D eigenvalue weighted by Gasteiger charge is 2.13. The lowest BCUT2D eigenvalue weighted by molar-refractivity contribution is -0.141. The quantitative estimate of drug-likeness (QED) is 0.778. The van der Waals surface area contributed by atoms with Crippen molar-refractivity contribution in [3.8, 4) is 0 Å². The zero-order valence-corrected chi connectivity index (χ0v) is 10.9. The first kappa shape index (κ1) is 14.0. The Bertz CT molecular complexity index is 651. The lowest BCUT2D eigenvalue weighted by Crippen LogP contribution is -2.32. The third kappa shape index (κ3) is 3.14. The summed E-state index contributed by atoms with van der Waals surface area (Å²) in [5, 5.41) is 12.1. The molecule has 1 unspecified atom stereocenters. The summed E-state index contributed by atoms with van der Waals surface area (Å²) in [5.74, 6) is -2.18. The molecule has 0 spiro atoms. The van der Waals surface area contributed by atoms with E-state index in [9.17, 15) is 14.0 Å². The maximum absolute atomic E-state index is 13.0. The second kappa shape index (κ2) is 5.73. The number of carboxylic acids is 1. The molecule has 0 aliphatic heterocycles. The lowest BCUT2D eigenvalue weighted by Gasteiger charge is -2.08. The molecule has 0 radical (unpaired) electrons. The molecule has 5 nitrogen and oxygen atoms in total. The van der Waals surface area contributed by atoms with E-state index in [1.54, 1.807) is 12.3 Å². The Labute approximate surface area is 114 Å². The molecule has 2 aromatic rings. The minimum Gasteiger partial charge on any atom is -0.481 e. The fourth-order valence-electron chi connectivity index (χ4n) is 1.89. The van der Waals surface area contributed by atoms with Crippen LogP contribution in [0.4, 0.5) is 4.39 Å². The van der Waals surface area contributed by atoms with Crippen LogP contribution in [-0.2, 0) is 16.0 Å². The van der Waals surface area contributed by atoms with Crippen LogP contribution in [0.1, 0.15) is 12.5 Å². The van der Waals surface area contributed by atoms with Crippen LogP contribution < -0.4 is 5.32 Å². The van der Waals surface area contributed by atoms with Gasteiger partial charge in [0.05, 0.1) is 12.3 Å². The van der Waals surface area contributed by atoms with Gasteiger partial charge in [-0.25, -0.2) is 4.39 Å². The summed E-state index contributed by atoms with van der Waals surface area (Å²) in [5.41, 5.74) is 1.38. The maximum atomic E-state index is 13.0. The van der Waals surface area contributed by atoms with Crippen LogP contribution in [0, 0.1) is 11.7 Å². The average molecular weight is 278 g/mol. The van der Waals surface area contributed by atoms with Crippen molar-refractivity contribution in [2.45, 2.75) is 13.3 Å². The monoisotopic (exact) mass is 278 g/mol. The molecule has 6 heteroatoms. The normalized spacial score (nSPS) is 12.3. The van der Waals surface area contributed by atoms with Crippen LogP contribution in [0.25, 0.3) is 10.9 Å². The fraction of sp³-hybridized carbons (Fsp3) is 0.286. The van der Waals surface area contributed by atoms with Crippen molar-refractivity contribution in [2.75, 3.05) is 6.54 Å². The van der Waals surface area contributed by atoms with Crippen molar-refractivity contribution >= 4 is 22.8 Å². The fourth-order valence-corrected chi connectivity index (χ4v) is 1.89. The highest BCUT2D eigenvalue weighted by atomic mass is 19.1. The Morgan fingerprint density at radius 2 is 2.20 bits per heavy atom. The molecule has 0 aliphatic rings. The van der Waals surface area contributed by atoms with Gasteiger partial charge < -0.3 is 15.4 Å². The van der Waals surface area contributed by atoms with Crippen LogP contribution in [0.15, 0.2) is 24.4 Å². The van der Waals surface area contributed by atoms with Gasteiger partial charge in [0.15, 0.2) is 0 Å². The standard InChI is InChI=1S/C14H15FN2O3/c1-8(14(19)20)6-17-13(18)4-9-7-16-12-5-10(15)2-3-11(9)12/h2-3,5,7-8,16H,4,6H2,1H3,(H,17,18)(H,19,20). The smallest absolute Gasteiger partial charge is 0.308 e. The molecule has 1 aromatic carbocycles. The second-order valence-corrected chi connectivity index (χ2v) is 4.72. The number of nitrogens with one attached hydrogen (secondary N) is 2. The van der Waals surface area contributed by atoms with E-state index in [0.29, 0.717) is 5.52 Å². The van der Waals surface area contributed by atoms with E-state index >= 15 is 0 Å². The first-order valence-corrected chi connectivity index (χ1v) is 6.22. The van der Waals surface area contributed by atoms with Gasteiger partial charge in [0, 0.05) is 23.6 Å². The minimum absolute atomic E-state index is 0.0884. The number of aliphatic carboxylic acids is 1. The summed E-state index contributed by atoms with van der Waals surface area (Å²) in [6.45, 7) is 1.61. The van der Waals surface area contributed by atoms with Crippen LogP contribution >= 0.6 is 0 Å². The number of aromatic amines is 1. The van der Waals surface area contributed by atoms with E-state index in [-0.39, 0.29) is 24.7 Å². The summed E-state index contributed by atoms with van der Waals surface area (Å²) in [7, 11) is 0. The van der Waals surface area contributed by atoms with Gasteiger partial charge >= 0.3 is 5.97 Å². The summed E-state index contributed by atoms with van der Waals surface area (Å²) in [6, 6.07) is 4.32. The van der Waals surface area contributed by atoms with E-state index < -0.39 is 11.9 Å². The molecule has 3 N–H and O–H groups in total. The number of hydrogen-bond donors (Lipinski definition) is 3. The zero-order chi connectivity index (χ0) is 14.7. The van der Waals surface area contributed by atoms with Crippen LogP contribution in [-0.4, -0.2) is 28.5 Å². The molecule has 0 fully saturated rings. The number of rotatable bonds is 5. The van der Waals surface area contributed by atoms with Crippen molar-refractivity contribution in [3.05, 3.63) is 35.8 Å². The molecule has 1 atom stereocenters. The predicted octanol–water partition coefficient (Wildman–Crippen LogP) is 1.69. The van der Waals surface area contributed by atoms with Gasteiger partial charge in [-0.2, -0.15) is 0 Å². The summed E-state index contributed by atoms with van der Waals surface area (Å²) < 4.78 is 13.0. The molecule has 0 saturated carbocycles. The van der Waals surface area contributed by atoms with Crippen molar-refractivity contribution in [2.24, 2.45) is 5.92 Å². The van der Waals surface area contributed by atoms with Gasteiger partial charge in [0.2, 0.25) is 5.91 Å². The number of carboxylic acid groups (broad SMARTS) is 1. The number of H-pyrrole nitrogens is 1. The molecule has 0 bridgehead atoms. The Hall–Kier alpha value is -2.37. The molecule has 0 aliphatic carbocycles. The number of aromatic nitrogens is 1. The van der Waals surface area contributed by atoms with Gasteiger partial charge in [-0.3, -0.25) is 9.59 Å². The van der Waals surface area contributed by atoms with Crippen molar-refractivity contribution in [1.29, 1.82) is 0 Å². The number of fused-ring (bicyclic) bond motifs is 1. The minimum atomic E-state index is -0.951. The molecule has 106 valence electrons. The molecular formula is C14H15FN2O3. The van der Waals surface area contributed by atoms with E-state index in [1.165, 1.54) is 19.1 Å². The zero-order valence-electron chi connectivity index (χ0n) is 10.9. The number of amides is 1. The molecule has 1 heterocycles. The number of halogens is 1. The number of hydrogen-bond acceptors (Lipinski definition) is 2. The van der Waals surface area contributed by atoms with Crippen LogP contribution in [0.5, 0.6) is 0 Å². The summed E-state index contributed by atoms with van der Waals surface area (Å²) in [4.78, 5) is 25.3. The Morgan fingerprint density at radius 3 is 2.90 bits per heavy atom. The van der Waals surface area contributed by atoms with Crippen molar-refractivity contribution < 1.29 is 19.1 Å². The van der Waals surface area contributed by atoms with Gasteiger partial charge in [-0.1, -0.05) is 6.92 Å². The molecule has 0 saturated heterocycles. The number of benzene rings is 1. The first-order chi connectivity index (χ1) is 9.47. The van der Waals surface area contributed by atoms with Gasteiger partial charge in [0.1, 0.15) is 5.82 Å². The predicted molar refractivity (Wildman–Crippen MR) is 71.8 cm³/mol. The Kier molecular flexibility index (Phi) is 4.02. The molecular weight excluding hydrogens is 263 g/mol. The molecule has 20 heavy (non-hydrogen) atoms. The van der Waals surface area contributed by atoms with Gasteiger partial charge in [-0.15, -0.1) is 0 Å².